The average molecular weight is 269 g/mol. The zero-order chi connectivity index (χ0) is 12.8. The number of hydrogen-bond donors (Lipinski definition) is 0. The molecule has 1 heterocycles. The zero-order valence-electron chi connectivity index (χ0n) is 10.9. The molecule has 1 fully saturated rings. The van der Waals surface area contributed by atoms with E-state index in [1.807, 2.05) is 25.1 Å². The molecular formula is C14H21ClN2O. The maximum Gasteiger partial charge on any atom is 0.0593 e. The van der Waals surface area contributed by atoms with Crippen LogP contribution in [0.1, 0.15) is 6.92 Å². The van der Waals surface area contributed by atoms with Gasteiger partial charge >= 0.3 is 0 Å². The molecule has 1 aliphatic rings. The first-order valence-electron chi connectivity index (χ1n) is 6.60. The lowest BCUT2D eigenvalue weighted by Gasteiger charge is -2.36. The molecule has 0 bridgehead atoms. The minimum Gasteiger partial charge on any atom is -0.380 e. The summed E-state index contributed by atoms with van der Waals surface area (Å²) in [4.78, 5) is 4.85. The van der Waals surface area contributed by atoms with Crippen LogP contribution in [0.25, 0.3) is 0 Å². The predicted molar refractivity (Wildman–Crippen MR) is 76.6 cm³/mol. The Morgan fingerprint density at radius 3 is 2.67 bits per heavy atom. The second kappa shape index (κ2) is 6.98. The van der Waals surface area contributed by atoms with Gasteiger partial charge in [0, 0.05) is 50.0 Å². The molecule has 3 nitrogen and oxygen atoms in total. The maximum atomic E-state index is 6.02. The fraction of sp³-hybridized carbons (Fsp3) is 0.571. The lowest BCUT2D eigenvalue weighted by atomic mass is 10.2. The number of piperazine rings is 1. The van der Waals surface area contributed by atoms with E-state index in [-0.39, 0.29) is 0 Å². The molecular weight excluding hydrogens is 248 g/mol. The van der Waals surface area contributed by atoms with Crippen LogP contribution < -0.4 is 4.90 Å². The van der Waals surface area contributed by atoms with Gasteiger partial charge in [0.15, 0.2) is 0 Å². The molecule has 1 aromatic rings. The molecule has 0 aromatic heterocycles. The molecule has 0 aliphatic carbocycles. The fourth-order valence-corrected chi connectivity index (χ4v) is 2.43. The highest BCUT2D eigenvalue weighted by atomic mass is 35.5. The van der Waals surface area contributed by atoms with E-state index >= 15 is 0 Å². The van der Waals surface area contributed by atoms with E-state index in [1.54, 1.807) is 0 Å². The third kappa shape index (κ3) is 3.87. The number of ether oxygens (including phenoxy) is 1. The minimum atomic E-state index is 0.808. The van der Waals surface area contributed by atoms with Gasteiger partial charge in [-0.25, -0.2) is 0 Å². The Morgan fingerprint density at radius 1 is 1.22 bits per heavy atom. The summed E-state index contributed by atoms with van der Waals surface area (Å²) in [7, 11) is 0. The third-order valence-electron chi connectivity index (χ3n) is 3.30. The highest BCUT2D eigenvalue weighted by Gasteiger charge is 2.16. The zero-order valence-corrected chi connectivity index (χ0v) is 11.7. The Morgan fingerprint density at radius 2 is 2.00 bits per heavy atom. The topological polar surface area (TPSA) is 15.7 Å². The van der Waals surface area contributed by atoms with Crippen molar-refractivity contribution in [2.24, 2.45) is 0 Å². The summed E-state index contributed by atoms with van der Waals surface area (Å²) in [6, 6.07) is 8.10. The molecule has 0 saturated carbocycles. The van der Waals surface area contributed by atoms with Crippen LogP contribution in [0.4, 0.5) is 5.69 Å². The summed E-state index contributed by atoms with van der Waals surface area (Å²) in [5, 5.41) is 0.811. The van der Waals surface area contributed by atoms with Gasteiger partial charge in [0.2, 0.25) is 0 Å². The molecule has 1 saturated heterocycles. The molecule has 0 N–H and O–H groups in total. The SMILES string of the molecule is CCOCCN1CCN(c2cccc(Cl)c2)CC1. The van der Waals surface area contributed by atoms with Crippen LogP contribution in [0.2, 0.25) is 5.02 Å². The minimum absolute atomic E-state index is 0.808. The second-order valence-corrected chi connectivity index (χ2v) is 4.94. The number of rotatable bonds is 5. The van der Waals surface area contributed by atoms with Crippen molar-refractivity contribution in [3.05, 3.63) is 29.3 Å². The summed E-state index contributed by atoms with van der Waals surface area (Å²) in [6.45, 7) is 9.04. The Labute approximate surface area is 114 Å². The van der Waals surface area contributed by atoms with E-state index in [2.05, 4.69) is 15.9 Å². The monoisotopic (exact) mass is 268 g/mol. The van der Waals surface area contributed by atoms with Crippen molar-refractivity contribution in [1.29, 1.82) is 0 Å². The van der Waals surface area contributed by atoms with Crippen molar-refractivity contribution in [1.82, 2.24) is 4.90 Å². The number of benzene rings is 1. The normalized spacial score (nSPS) is 17.1. The summed E-state index contributed by atoms with van der Waals surface area (Å²) in [5.74, 6) is 0. The number of halogens is 1. The van der Waals surface area contributed by atoms with Crippen LogP contribution in [0.5, 0.6) is 0 Å². The molecule has 1 aliphatic heterocycles. The van der Waals surface area contributed by atoms with Crippen LogP contribution in [-0.2, 0) is 4.74 Å². The summed E-state index contributed by atoms with van der Waals surface area (Å²) in [6.07, 6.45) is 0. The molecule has 1 aromatic carbocycles. The van der Waals surface area contributed by atoms with Crippen LogP contribution in [0.15, 0.2) is 24.3 Å². The first-order chi connectivity index (χ1) is 8.79. The van der Waals surface area contributed by atoms with Gasteiger partial charge in [-0.1, -0.05) is 17.7 Å². The number of anilines is 1. The Balaban J connectivity index is 1.79. The highest BCUT2D eigenvalue weighted by Crippen LogP contribution is 2.20. The second-order valence-electron chi connectivity index (χ2n) is 4.51. The smallest absolute Gasteiger partial charge is 0.0593 e. The van der Waals surface area contributed by atoms with Crippen molar-refractivity contribution < 1.29 is 4.74 Å². The lowest BCUT2D eigenvalue weighted by Crippen LogP contribution is -2.47. The molecule has 2 rings (SSSR count). The van der Waals surface area contributed by atoms with Crippen molar-refractivity contribution in [3.63, 3.8) is 0 Å². The predicted octanol–water partition coefficient (Wildman–Crippen LogP) is 2.50. The van der Waals surface area contributed by atoms with Crippen LogP contribution in [-0.4, -0.2) is 50.8 Å². The van der Waals surface area contributed by atoms with Gasteiger partial charge in [-0.3, -0.25) is 4.90 Å². The van der Waals surface area contributed by atoms with Gasteiger partial charge in [-0.2, -0.15) is 0 Å². The fourth-order valence-electron chi connectivity index (χ4n) is 2.24. The Hall–Kier alpha value is -0.770. The first kappa shape index (κ1) is 13.7. The van der Waals surface area contributed by atoms with Crippen molar-refractivity contribution in [3.8, 4) is 0 Å². The summed E-state index contributed by atoms with van der Waals surface area (Å²) < 4.78 is 5.39. The van der Waals surface area contributed by atoms with Crippen LogP contribution in [0.3, 0.4) is 0 Å². The van der Waals surface area contributed by atoms with Gasteiger partial charge < -0.3 is 9.64 Å². The molecule has 100 valence electrons. The van der Waals surface area contributed by atoms with E-state index in [0.717, 1.165) is 51.0 Å². The lowest BCUT2D eigenvalue weighted by molar-refractivity contribution is 0.111. The summed E-state index contributed by atoms with van der Waals surface area (Å²) >= 11 is 6.02. The van der Waals surface area contributed by atoms with Crippen molar-refractivity contribution in [2.75, 3.05) is 50.8 Å². The quantitative estimate of drug-likeness (QED) is 0.763. The molecule has 0 spiro atoms. The van der Waals surface area contributed by atoms with E-state index in [1.165, 1.54) is 5.69 Å². The Kier molecular flexibility index (Phi) is 5.29. The molecule has 0 atom stereocenters. The molecule has 0 radical (unpaired) electrons. The molecule has 0 unspecified atom stereocenters. The highest BCUT2D eigenvalue weighted by molar-refractivity contribution is 6.30. The van der Waals surface area contributed by atoms with Crippen LogP contribution in [0, 0.1) is 0 Å². The van der Waals surface area contributed by atoms with Gasteiger partial charge in [0.05, 0.1) is 6.61 Å². The average Bonchev–Trinajstić information content (AvgIpc) is 2.40. The number of nitrogens with zero attached hydrogens (tertiary/aromatic N) is 2. The maximum absolute atomic E-state index is 6.02. The van der Waals surface area contributed by atoms with Crippen molar-refractivity contribution in [2.45, 2.75) is 6.92 Å². The largest absolute Gasteiger partial charge is 0.380 e. The first-order valence-corrected chi connectivity index (χ1v) is 6.98. The van der Waals surface area contributed by atoms with Gasteiger partial charge in [0.25, 0.3) is 0 Å². The van der Waals surface area contributed by atoms with E-state index < -0.39 is 0 Å². The molecule has 18 heavy (non-hydrogen) atoms. The molecule has 0 amide bonds. The van der Waals surface area contributed by atoms with Crippen LogP contribution >= 0.6 is 11.6 Å². The summed E-state index contributed by atoms with van der Waals surface area (Å²) in [5.41, 5.74) is 1.23. The Bertz CT molecular complexity index is 365. The van der Waals surface area contributed by atoms with Gasteiger partial charge in [-0.15, -0.1) is 0 Å². The van der Waals surface area contributed by atoms with Crippen molar-refractivity contribution >= 4 is 17.3 Å². The van der Waals surface area contributed by atoms with E-state index in [0.29, 0.717) is 0 Å². The standard InChI is InChI=1S/C14H21ClN2O/c1-2-18-11-10-16-6-8-17(9-7-16)14-5-3-4-13(15)12-14/h3-5,12H,2,6-11H2,1H3. The molecule has 4 heteroatoms. The van der Waals surface area contributed by atoms with Gasteiger partial charge in [0.1, 0.15) is 0 Å². The number of hydrogen-bond acceptors (Lipinski definition) is 3. The van der Waals surface area contributed by atoms with E-state index in [9.17, 15) is 0 Å². The third-order valence-corrected chi connectivity index (χ3v) is 3.54. The van der Waals surface area contributed by atoms with Gasteiger partial charge in [-0.05, 0) is 25.1 Å². The van der Waals surface area contributed by atoms with E-state index in [4.69, 9.17) is 16.3 Å².